The summed E-state index contributed by atoms with van der Waals surface area (Å²) in [6, 6.07) is 3.26. The van der Waals surface area contributed by atoms with Crippen molar-refractivity contribution in [1.29, 1.82) is 0 Å². The number of benzene rings is 1. The van der Waals surface area contributed by atoms with Crippen LogP contribution in [0.25, 0.3) is 11.2 Å². The van der Waals surface area contributed by atoms with Crippen LogP contribution in [-0.2, 0) is 17.3 Å². The minimum Gasteiger partial charge on any atom is -0.465 e. The number of hydrogen-bond acceptors (Lipinski definition) is 7. The van der Waals surface area contributed by atoms with Crippen molar-refractivity contribution in [2.45, 2.75) is 19.5 Å². The van der Waals surface area contributed by atoms with E-state index in [1.807, 2.05) is 0 Å². The number of aryl methyl sites for hydroxylation is 1. The van der Waals surface area contributed by atoms with Gasteiger partial charge in [-0.2, -0.15) is 13.2 Å². The molecule has 2 aromatic heterocycles. The molecule has 0 saturated carbocycles. The number of nitrogen functional groups attached to an aromatic ring is 1. The molecule has 3 aromatic rings. The number of fused-ring (bicyclic) bond motifs is 1. The number of carbonyl (C=O) groups is 1. The largest absolute Gasteiger partial charge is 0.465 e. The van der Waals surface area contributed by atoms with E-state index in [2.05, 4.69) is 24.7 Å². The summed E-state index contributed by atoms with van der Waals surface area (Å²) in [6.07, 6.45) is -4.53. The fraction of sp³-hybridized carbons (Fsp3) is 0.250. The Labute approximate surface area is 144 Å². The van der Waals surface area contributed by atoms with E-state index < -0.39 is 23.3 Å². The highest BCUT2D eigenvalue weighted by Crippen LogP contribution is 2.34. The van der Waals surface area contributed by atoms with Crippen LogP contribution in [0.3, 0.4) is 0 Å². The van der Waals surface area contributed by atoms with Gasteiger partial charge in [0, 0.05) is 17.7 Å². The van der Waals surface area contributed by atoms with Gasteiger partial charge >= 0.3 is 12.1 Å². The van der Waals surface area contributed by atoms with Crippen molar-refractivity contribution in [1.82, 2.24) is 15.3 Å². The third-order valence-corrected chi connectivity index (χ3v) is 3.94. The van der Waals surface area contributed by atoms with Gasteiger partial charge in [0.1, 0.15) is 0 Å². The molecule has 3 rings (SSSR count). The van der Waals surface area contributed by atoms with Crippen LogP contribution in [-0.4, -0.2) is 28.4 Å². The Balaban J connectivity index is 2.07. The van der Waals surface area contributed by atoms with Gasteiger partial charge in [0.15, 0.2) is 5.52 Å². The zero-order chi connectivity index (χ0) is 19.1. The Morgan fingerprint density at radius 2 is 2.04 bits per heavy atom. The topological polar surface area (TPSA) is 104 Å². The zero-order valence-electron chi connectivity index (χ0n) is 13.7. The summed E-state index contributed by atoms with van der Waals surface area (Å²) in [5, 5.41) is 7.28. The molecule has 0 spiro atoms. The molecule has 0 aliphatic rings. The van der Waals surface area contributed by atoms with E-state index in [0.717, 1.165) is 19.2 Å². The van der Waals surface area contributed by atoms with E-state index in [4.69, 9.17) is 5.73 Å². The van der Waals surface area contributed by atoms with E-state index in [9.17, 15) is 18.0 Å². The number of pyridine rings is 1. The molecule has 0 bridgehead atoms. The molecule has 7 nitrogen and oxygen atoms in total. The number of hydrogen-bond donors (Lipinski definition) is 1. The fourth-order valence-corrected chi connectivity index (χ4v) is 2.65. The van der Waals surface area contributed by atoms with E-state index in [-0.39, 0.29) is 23.3 Å². The van der Waals surface area contributed by atoms with Crippen molar-refractivity contribution in [3.05, 3.63) is 46.1 Å². The predicted octanol–water partition coefficient (Wildman–Crippen LogP) is 2.90. The van der Waals surface area contributed by atoms with Crippen LogP contribution in [0.1, 0.15) is 32.7 Å². The average molecular weight is 366 g/mol. The predicted molar refractivity (Wildman–Crippen MR) is 84.3 cm³/mol. The van der Waals surface area contributed by atoms with Crippen LogP contribution in [0.5, 0.6) is 0 Å². The lowest BCUT2D eigenvalue weighted by Gasteiger charge is -2.14. The number of ether oxygens (including phenoxy) is 1. The normalized spacial score (nSPS) is 11.7. The van der Waals surface area contributed by atoms with E-state index in [0.29, 0.717) is 16.8 Å². The van der Waals surface area contributed by atoms with Crippen LogP contribution in [0.15, 0.2) is 22.8 Å². The number of nitrogens with two attached hydrogens (primary N) is 1. The number of rotatable bonds is 3. The lowest BCUT2D eigenvalue weighted by atomic mass is 9.97. The van der Waals surface area contributed by atoms with Gasteiger partial charge in [-0.25, -0.2) is 14.4 Å². The monoisotopic (exact) mass is 366 g/mol. The van der Waals surface area contributed by atoms with Gasteiger partial charge in [-0.05, 0) is 34.9 Å². The summed E-state index contributed by atoms with van der Waals surface area (Å²) in [4.78, 5) is 16.0. The molecule has 0 fully saturated rings. The van der Waals surface area contributed by atoms with E-state index >= 15 is 0 Å². The molecule has 136 valence electrons. The number of halogens is 3. The van der Waals surface area contributed by atoms with E-state index in [1.165, 1.54) is 6.07 Å². The maximum Gasteiger partial charge on any atom is 0.417 e. The first-order valence-corrected chi connectivity index (χ1v) is 7.38. The maximum atomic E-state index is 13.1. The molecule has 1 aromatic carbocycles. The van der Waals surface area contributed by atoms with Gasteiger partial charge in [-0.3, -0.25) is 0 Å². The van der Waals surface area contributed by atoms with Crippen molar-refractivity contribution in [3.63, 3.8) is 0 Å². The highest BCUT2D eigenvalue weighted by Gasteiger charge is 2.35. The van der Waals surface area contributed by atoms with Gasteiger partial charge in [0.2, 0.25) is 5.65 Å². The number of carbonyl (C=O) groups excluding carboxylic acids is 1. The maximum absolute atomic E-state index is 13.1. The van der Waals surface area contributed by atoms with Crippen molar-refractivity contribution in [3.8, 4) is 0 Å². The minimum absolute atomic E-state index is 0.148. The van der Waals surface area contributed by atoms with Crippen molar-refractivity contribution in [2.75, 3.05) is 12.8 Å². The van der Waals surface area contributed by atoms with Crippen molar-refractivity contribution in [2.24, 2.45) is 0 Å². The fourth-order valence-electron chi connectivity index (χ4n) is 2.65. The number of alkyl halides is 3. The summed E-state index contributed by atoms with van der Waals surface area (Å²) < 4.78 is 48.4. The summed E-state index contributed by atoms with van der Waals surface area (Å²) in [5.74, 6) is -1.07. The average Bonchev–Trinajstić information content (AvgIpc) is 3.05. The molecule has 0 saturated heterocycles. The Bertz CT molecular complexity index is 998. The third-order valence-electron chi connectivity index (χ3n) is 3.94. The molecular weight excluding hydrogens is 353 g/mol. The first-order chi connectivity index (χ1) is 12.2. The lowest BCUT2D eigenvalue weighted by Crippen LogP contribution is -2.15. The van der Waals surface area contributed by atoms with E-state index in [1.54, 1.807) is 6.92 Å². The second-order valence-electron chi connectivity index (χ2n) is 5.57. The SMILES string of the molecule is COC(=O)c1cc(Cc2c(C)nc3nonc3c2N)ccc1C(F)(F)F. The van der Waals surface area contributed by atoms with Crippen molar-refractivity contribution < 1.29 is 27.3 Å². The lowest BCUT2D eigenvalue weighted by molar-refractivity contribution is -0.138. The second-order valence-corrected chi connectivity index (χ2v) is 5.57. The molecule has 2 heterocycles. The van der Waals surface area contributed by atoms with Crippen LogP contribution < -0.4 is 5.73 Å². The van der Waals surface area contributed by atoms with Crippen LogP contribution in [0.2, 0.25) is 0 Å². The van der Waals surface area contributed by atoms with Gasteiger partial charge in [0.25, 0.3) is 0 Å². The number of esters is 1. The Hall–Kier alpha value is -3.17. The highest BCUT2D eigenvalue weighted by atomic mass is 19.4. The Kier molecular flexibility index (Phi) is 4.26. The number of aromatic nitrogens is 3. The summed E-state index contributed by atoms with van der Waals surface area (Å²) in [7, 11) is 1.02. The molecule has 0 unspecified atom stereocenters. The quantitative estimate of drug-likeness (QED) is 0.711. The highest BCUT2D eigenvalue weighted by molar-refractivity contribution is 5.91. The molecule has 0 aliphatic heterocycles. The smallest absolute Gasteiger partial charge is 0.417 e. The minimum atomic E-state index is -4.68. The standard InChI is InChI=1S/C16H13F3N4O3/c1-7-9(12(20)13-14(21-7)23-26-22-13)5-8-3-4-11(16(17,18)19)10(6-8)15(24)25-2/h3-4,6H,5,20H2,1-2H3. The van der Waals surface area contributed by atoms with Crippen molar-refractivity contribution >= 4 is 22.8 Å². The molecule has 0 atom stereocenters. The molecular formula is C16H13F3N4O3. The third kappa shape index (κ3) is 3.05. The molecule has 0 aliphatic carbocycles. The molecule has 26 heavy (non-hydrogen) atoms. The molecule has 0 radical (unpaired) electrons. The number of anilines is 1. The second kappa shape index (κ2) is 6.28. The number of nitrogens with zero attached hydrogens (tertiary/aromatic N) is 3. The molecule has 0 amide bonds. The van der Waals surface area contributed by atoms with Gasteiger partial charge in [0.05, 0.1) is 23.9 Å². The Morgan fingerprint density at radius 3 is 2.69 bits per heavy atom. The van der Waals surface area contributed by atoms with Crippen LogP contribution >= 0.6 is 0 Å². The first-order valence-electron chi connectivity index (χ1n) is 7.38. The van der Waals surface area contributed by atoms with Gasteiger partial charge < -0.3 is 10.5 Å². The van der Waals surface area contributed by atoms with Crippen LogP contribution in [0.4, 0.5) is 18.9 Å². The summed E-state index contributed by atoms with van der Waals surface area (Å²) >= 11 is 0. The summed E-state index contributed by atoms with van der Waals surface area (Å²) in [5.41, 5.74) is 6.74. The summed E-state index contributed by atoms with van der Waals surface area (Å²) in [6.45, 7) is 1.69. The van der Waals surface area contributed by atoms with Gasteiger partial charge in [-0.15, -0.1) is 0 Å². The van der Waals surface area contributed by atoms with Crippen LogP contribution in [0, 0.1) is 6.92 Å². The number of methoxy groups -OCH3 is 1. The molecule has 10 heteroatoms. The zero-order valence-corrected chi connectivity index (χ0v) is 13.7. The Morgan fingerprint density at radius 1 is 1.31 bits per heavy atom. The van der Waals surface area contributed by atoms with Gasteiger partial charge in [-0.1, -0.05) is 6.07 Å². The first kappa shape index (κ1) is 17.6. The molecule has 2 N–H and O–H groups in total.